The summed E-state index contributed by atoms with van der Waals surface area (Å²) in [6, 6.07) is 6.10. The van der Waals surface area contributed by atoms with Crippen molar-refractivity contribution in [2.75, 3.05) is 0 Å². The van der Waals surface area contributed by atoms with Crippen LogP contribution in [0.3, 0.4) is 0 Å². The van der Waals surface area contributed by atoms with Gasteiger partial charge in [0.15, 0.2) is 5.75 Å². The van der Waals surface area contributed by atoms with E-state index in [1.165, 1.54) is 30.2 Å². The second-order valence-electron chi connectivity index (χ2n) is 5.25. The molecule has 2 aliphatic rings. The first-order valence-corrected chi connectivity index (χ1v) is 6.92. The van der Waals surface area contributed by atoms with Crippen molar-refractivity contribution in [2.24, 2.45) is 0 Å². The van der Waals surface area contributed by atoms with Crippen molar-refractivity contribution in [3.05, 3.63) is 41.1 Å². The zero-order valence-corrected chi connectivity index (χ0v) is 11.0. The molecule has 1 N–H and O–H groups in total. The lowest BCUT2D eigenvalue weighted by Crippen LogP contribution is -2.24. The van der Waals surface area contributed by atoms with Crippen LogP contribution in [0, 0.1) is 0 Å². The number of hydrogen-bond acceptors (Lipinski definition) is 3. The molecule has 4 rings (SSSR count). The minimum atomic E-state index is -0.250. The maximum Gasteiger partial charge on any atom is 0.276 e. The average Bonchev–Trinajstić information content (AvgIpc) is 2.67. The molecular formula is C16H14N2O2. The number of hydroxylamine groups is 1. The third-order valence-corrected chi connectivity index (χ3v) is 3.93. The fourth-order valence-corrected chi connectivity index (χ4v) is 2.90. The zero-order valence-electron chi connectivity index (χ0n) is 11.0. The van der Waals surface area contributed by atoms with E-state index in [-0.39, 0.29) is 5.91 Å². The van der Waals surface area contributed by atoms with E-state index in [0.717, 1.165) is 29.3 Å². The molecule has 2 aromatic rings. The molecule has 1 aliphatic heterocycles. The van der Waals surface area contributed by atoms with Crippen LogP contribution in [0.1, 0.15) is 29.7 Å². The minimum Gasteiger partial charge on any atom is -0.378 e. The van der Waals surface area contributed by atoms with Crippen molar-refractivity contribution < 1.29 is 9.63 Å². The quantitative estimate of drug-likeness (QED) is 0.797. The molecule has 100 valence electrons. The van der Waals surface area contributed by atoms with Crippen LogP contribution in [0.5, 0.6) is 5.75 Å². The minimum absolute atomic E-state index is 0.250. The standard InChI is InChI=1S/C16H14N2O2/c19-15-8-6-10-5-7-14-12(16(10)20-18-15)9-11-3-1-2-4-13(11)17-14/h5-9H,1-4H2,(H,18,19). The highest BCUT2D eigenvalue weighted by Gasteiger charge is 2.17. The highest BCUT2D eigenvalue weighted by atomic mass is 16.7. The Morgan fingerprint density at radius 3 is 3.00 bits per heavy atom. The Hall–Kier alpha value is -2.36. The number of aryl methyl sites for hydroxylation is 2. The van der Waals surface area contributed by atoms with Gasteiger partial charge in [0.25, 0.3) is 5.91 Å². The van der Waals surface area contributed by atoms with Gasteiger partial charge < -0.3 is 4.84 Å². The Labute approximate surface area is 116 Å². The molecule has 1 amide bonds. The Balaban J connectivity index is 1.95. The van der Waals surface area contributed by atoms with E-state index in [0.29, 0.717) is 5.75 Å². The predicted octanol–water partition coefficient (Wildman–Crippen LogP) is 2.55. The van der Waals surface area contributed by atoms with Crippen LogP contribution in [0.25, 0.3) is 17.0 Å². The summed E-state index contributed by atoms with van der Waals surface area (Å²) in [6.07, 6.45) is 7.81. The number of amides is 1. The second-order valence-corrected chi connectivity index (χ2v) is 5.25. The summed E-state index contributed by atoms with van der Waals surface area (Å²) in [4.78, 5) is 21.6. The van der Waals surface area contributed by atoms with E-state index in [1.807, 2.05) is 12.1 Å². The van der Waals surface area contributed by atoms with Gasteiger partial charge in [-0.15, -0.1) is 0 Å². The van der Waals surface area contributed by atoms with Crippen LogP contribution < -0.4 is 10.3 Å². The summed E-state index contributed by atoms with van der Waals surface area (Å²) in [7, 11) is 0. The topological polar surface area (TPSA) is 51.2 Å². The fraction of sp³-hybridized carbons (Fsp3) is 0.250. The van der Waals surface area contributed by atoms with Gasteiger partial charge in [-0.05, 0) is 55.5 Å². The lowest BCUT2D eigenvalue weighted by molar-refractivity contribution is -0.122. The van der Waals surface area contributed by atoms with Crippen molar-refractivity contribution in [1.82, 2.24) is 10.5 Å². The van der Waals surface area contributed by atoms with Gasteiger partial charge in [-0.2, -0.15) is 5.48 Å². The van der Waals surface area contributed by atoms with Gasteiger partial charge in [0.05, 0.1) is 5.52 Å². The third-order valence-electron chi connectivity index (χ3n) is 3.93. The summed E-state index contributed by atoms with van der Waals surface area (Å²) in [5.41, 5.74) is 6.75. The maximum absolute atomic E-state index is 11.4. The molecule has 1 aromatic heterocycles. The summed E-state index contributed by atoms with van der Waals surface area (Å²) < 4.78 is 0. The van der Waals surface area contributed by atoms with E-state index < -0.39 is 0 Å². The number of carbonyl (C=O) groups is 1. The molecule has 2 heterocycles. The molecule has 1 aliphatic carbocycles. The van der Waals surface area contributed by atoms with Gasteiger partial charge in [-0.25, -0.2) is 0 Å². The van der Waals surface area contributed by atoms with Crippen LogP contribution in [-0.4, -0.2) is 10.9 Å². The van der Waals surface area contributed by atoms with Gasteiger partial charge in [0.1, 0.15) is 0 Å². The Kier molecular flexibility index (Phi) is 2.49. The monoisotopic (exact) mass is 266 g/mol. The number of carbonyl (C=O) groups excluding carboxylic acids is 1. The number of fused-ring (bicyclic) bond motifs is 4. The third kappa shape index (κ3) is 1.76. The maximum atomic E-state index is 11.4. The highest BCUT2D eigenvalue weighted by Crippen LogP contribution is 2.33. The number of nitrogens with one attached hydrogen (secondary N) is 1. The molecule has 0 radical (unpaired) electrons. The predicted molar refractivity (Wildman–Crippen MR) is 76.2 cm³/mol. The lowest BCUT2D eigenvalue weighted by atomic mass is 9.94. The average molecular weight is 266 g/mol. The van der Waals surface area contributed by atoms with Crippen LogP contribution in [0.4, 0.5) is 0 Å². The van der Waals surface area contributed by atoms with Crippen molar-refractivity contribution in [2.45, 2.75) is 25.7 Å². The first-order valence-electron chi connectivity index (χ1n) is 6.92. The van der Waals surface area contributed by atoms with Gasteiger partial charge in [0.2, 0.25) is 0 Å². The Morgan fingerprint density at radius 1 is 1.15 bits per heavy atom. The molecule has 0 bridgehead atoms. The molecule has 0 unspecified atom stereocenters. The Bertz CT molecular complexity index is 750. The summed E-state index contributed by atoms with van der Waals surface area (Å²) in [5.74, 6) is 0.436. The number of aromatic nitrogens is 1. The van der Waals surface area contributed by atoms with Crippen LogP contribution in [0.2, 0.25) is 0 Å². The van der Waals surface area contributed by atoms with E-state index >= 15 is 0 Å². The fourth-order valence-electron chi connectivity index (χ4n) is 2.90. The highest BCUT2D eigenvalue weighted by molar-refractivity contribution is 5.96. The van der Waals surface area contributed by atoms with E-state index in [9.17, 15) is 4.79 Å². The summed E-state index contributed by atoms with van der Waals surface area (Å²) >= 11 is 0. The molecular weight excluding hydrogens is 252 g/mol. The number of pyridine rings is 1. The number of nitrogens with zero attached hydrogens (tertiary/aromatic N) is 1. The van der Waals surface area contributed by atoms with Crippen LogP contribution in [0.15, 0.2) is 24.3 Å². The van der Waals surface area contributed by atoms with Crippen LogP contribution >= 0.6 is 0 Å². The number of benzene rings is 1. The van der Waals surface area contributed by atoms with Gasteiger partial charge in [-0.3, -0.25) is 9.78 Å². The zero-order chi connectivity index (χ0) is 13.5. The smallest absolute Gasteiger partial charge is 0.276 e. The number of hydrogen-bond donors (Lipinski definition) is 1. The molecule has 0 atom stereocenters. The van der Waals surface area contributed by atoms with Gasteiger partial charge >= 0.3 is 0 Å². The van der Waals surface area contributed by atoms with Crippen molar-refractivity contribution in [3.63, 3.8) is 0 Å². The first-order chi connectivity index (χ1) is 9.81. The van der Waals surface area contributed by atoms with Crippen LogP contribution in [-0.2, 0) is 17.6 Å². The molecule has 20 heavy (non-hydrogen) atoms. The van der Waals surface area contributed by atoms with Gasteiger partial charge in [-0.1, -0.05) is 0 Å². The van der Waals surface area contributed by atoms with E-state index in [4.69, 9.17) is 9.82 Å². The SMILES string of the molecule is O=C1C=Cc2ccc3nc4c(cc3c2ON1)CCCC4. The van der Waals surface area contributed by atoms with Gasteiger partial charge in [0, 0.05) is 22.7 Å². The van der Waals surface area contributed by atoms with Crippen molar-refractivity contribution in [1.29, 1.82) is 0 Å². The summed E-state index contributed by atoms with van der Waals surface area (Å²) in [5, 5.41) is 0.968. The molecule has 4 heteroatoms. The normalized spacial score (nSPS) is 16.9. The van der Waals surface area contributed by atoms with Crippen molar-refractivity contribution >= 4 is 22.9 Å². The number of rotatable bonds is 0. The molecule has 4 nitrogen and oxygen atoms in total. The van der Waals surface area contributed by atoms with E-state index in [1.54, 1.807) is 6.08 Å². The largest absolute Gasteiger partial charge is 0.378 e. The molecule has 1 aromatic carbocycles. The summed E-state index contributed by atoms with van der Waals surface area (Å²) in [6.45, 7) is 0. The molecule has 0 spiro atoms. The second kappa shape index (κ2) is 4.34. The molecule has 0 saturated heterocycles. The molecule has 0 saturated carbocycles. The van der Waals surface area contributed by atoms with Crippen molar-refractivity contribution in [3.8, 4) is 5.75 Å². The Morgan fingerprint density at radius 2 is 2.05 bits per heavy atom. The lowest BCUT2D eigenvalue weighted by Gasteiger charge is -2.17. The van der Waals surface area contributed by atoms with E-state index in [2.05, 4.69) is 11.5 Å². The molecule has 0 fully saturated rings. The first kappa shape index (κ1) is 11.5.